The highest BCUT2D eigenvalue weighted by Gasteiger charge is 2.30. The largest absolute Gasteiger partial charge is 0.355 e. The van der Waals surface area contributed by atoms with E-state index in [1.165, 1.54) is 10.6 Å². The standard InChI is InChI=1S/C32H41N3O4S/c1-6-33-32(37)30(22-27-11-8-7-9-12-27)34(23-28-18-15-24(2)16-19-28)31(36)13-10-20-35(40(5,38)39)29-21-25(3)14-17-26(29)4/h7-9,11-12,14-19,21,30H,6,10,13,20,22-23H2,1-5H3,(H,33,37)/t30-/m1/s1. The molecular weight excluding hydrogens is 522 g/mol. The zero-order valence-electron chi connectivity index (χ0n) is 24.2. The maximum Gasteiger partial charge on any atom is 0.243 e. The van der Waals surface area contributed by atoms with Crippen molar-refractivity contribution in [1.82, 2.24) is 10.2 Å². The van der Waals surface area contributed by atoms with E-state index in [-0.39, 0.29) is 31.3 Å². The van der Waals surface area contributed by atoms with E-state index in [2.05, 4.69) is 5.32 Å². The van der Waals surface area contributed by atoms with Gasteiger partial charge >= 0.3 is 0 Å². The number of rotatable bonds is 13. The molecule has 0 fully saturated rings. The molecule has 8 heteroatoms. The fourth-order valence-electron chi connectivity index (χ4n) is 4.71. The Morgan fingerprint density at radius 2 is 1.52 bits per heavy atom. The molecule has 0 aliphatic heterocycles. The second kappa shape index (κ2) is 14.1. The number of hydrogen-bond donors (Lipinski definition) is 1. The van der Waals surface area contributed by atoms with Crippen molar-refractivity contribution in [3.63, 3.8) is 0 Å². The van der Waals surface area contributed by atoms with E-state index < -0.39 is 16.1 Å². The van der Waals surface area contributed by atoms with E-state index >= 15 is 0 Å². The van der Waals surface area contributed by atoms with Gasteiger partial charge in [-0.2, -0.15) is 0 Å². The van der Waals surface area contributed by atoms with Gasteiger partial charge in [-0.25, -0.2) is 8.42 Å². The van der Waals surface area contributed by atoms with Gasteiger partial charge in [0.05, 0.1) is 11.9 Å². The van der Waals surface area contributed by atoms with Gasteiger partial charge in [0.15, 0.2) is 0 Å². The predicted molar refractivity (Wildman–Crippen MR) is 162 cm³/mol. The third-order valence-electron chi connectivity index (χ3n) is 6.88. The van der Waals surface area contributed by atoms with Crippen LogP contribution in [-0.2, 0) is 32.6 Å². The topological polar surface area (TPSA) is 86.8 Å². The van der Waals surface area contributed by atoms with Crippen molar-refractivity contribution in [1.29, 1.82) is 0 Å². The molecule has 3 rings (SSSR count). The molecule has 0 aliphatic carbocycles. The second-order valence-corrected chi connectivity index (χ2v) is 12.2. The third-order valence-corrected chi connectivity index (χ3v) is 8.06. The van der Waals surface area contributed by atoms with Crippen LogP contribution in [0, 0.1) is 20.8 Å². The van der Waals surface area contributed by atoms with Crippen LogP contribution in [0.5, 0.6) is 0 Å². The summed E-state index contributed by atoms with van der Waals surface area (Å²) in [5.41, 5.74) is 5.42. The molecule has 0 saturated carbocycles. The van der Waals surface area contributed by atoms with Gasteiger partial charge in [0.1, 0.15) is 6.04 Å². The minimum absolute atomic E-state index is 0.105. The van der Waals surface area contributed by atoms with Crippen molar-refractivity contribution in [3.05, 3.63) is 101 Å². The van der Waals surface area contributed by atoms with Gasteiger partial charge in [-0.05, 0) is 62.4 Å². The van der Waals surface area contributed by atoms with Gasteiger partial charge in [0.2, 0.25) is 21.8 Å². The number of aryl methyl sites for hydroxylation is 3. The number of carbonyl (C=O) groups is 2. The summed E-state index contributed by atoms with van der Waals surface area (Å²) >= 11 is 0. The zero-order chi connectivity index (χ0) is 29.3. The summed E-state index contributed by atoms with van der Waals surface area (Å²) in [4.78, 5) is 28.8. The van der Waals surface area contributed by atoms with Gasteiger partial charge in [-0.3, -0.25) is 13.9 Å². The monoisotopic (exact) mass is 563 g/mol. The Bertz CT molecular complexity index is 1390. The zero-order valence-corrected chi connectivity index (χ0v) is 25.0. The molecule has 0 spiro atoms. The minimum Gasteiger partial charge on any atom is -0.355 e. The number of amides is 2. The van der Waals surface area contributed by atoms with Gasteiger partial charge in [-0.1, -0.05) is 72.3 Å². The predicted octanol–water partition coefficient (Wildman–Crippen LogP) is 4.93. The number of likely N-dealkylation sites (N-methyl/N-ethyl adjacent to an activating group) is 1. The Morgan fingerprint density at radius 1 is 0.875 bits per heavy atom. The number of anilines is 1. The van der Waals surface area contributed by atoms with Gasteiger partial charge in [-0.15, -0.1) is 0 Å². The number of carbonyl (C=O) groups excluding carboxylic acids is 2. The summed E-state index contributed by atoms with van der Waals surface area (Å²) in [6.07, 6.45) is 1.98. The van der Waals surface area contributed by atoms with Gasteiger partial charge in [0, 0.05) is 32.5 Å². The number of sulfonamides is 1. The van der Waals surface area contributed by atoms with Crippen molar-refractivity contribution >= 4 is 27.5 Å². The lowest BCUT2D eigenvalue weighted by molar-refractivity contribution is -0.141. The van der Waals surface area contributed by atoms with E-state index in [1.807, 2.05) is 100 Å². The quantitative estimate of drug-likeness (QED) is 0.319. The fourth-order valence-corrected chi connectivity index (χ4v) is 5.72. The lowest BCUT2D eigenvalue weighted by Gasteiger charge is -2.32. The SMILES string of the molecule is CCNC(=O)[C@@H](Cc1ccccc1)N(Cc1ccc(C)cc1)C(=O)CCCN(c1cc(C)ccc1C)S(C)(=O)=O. The minimum atomic E-state index is -3.56. The summed E-state index contributed by atoms with van der Waals surface area (Å²) in [7, 11) is -3.56. The Morgan fingerprint density at radius 3 is 2.15 bits per heavy atom. The Labute approximate surface area is 239 Å². The highest BCUT2D eigenvalue weighted by molar-refractivity contribution is 7.92. The number of hydrogen-bond acceptors (Lipinski definition) is 4. The van der Waals surface area contributed by atoms with Crippen LogP contribution in [0.3, 0.4) is 0 Å². The summed E-state index contributed by atoms with van der Waals surface area (Å²) < 4.78 is 26.8. The van der Waals surface area contributed by atoms with Crippen molar-refractivity contribution in [2.45, 2.75) is 59.5 Å². The van der Waals surface area contributed by atoms with Gasteiger partial charge in [0.25, 0.3) is 0 Å². The van der Waals surface area contributed by atoms with Crippen LogP contribution in [-0.4, -0.2) is 50.5 Å². The van der Waals surface area contributed by atoms with Crippen LogP contribution in [0.15, 0.2) is 72.8 Å². The smallest absolute Gasteiger partial charge is 0.243 e. The van der Waals surface area contributed by atoms with Crippen molar-refractivity contribution in [2.75, 3.05) is 23.7 Å². The van der Waals surface area contributed by atoms with E-state index in [1.54, 1.807) is 4.90 Å². The molecule has 7 nitrogen and oxygen atoms in total. The molecule has 3 aromatic rings. The molecule has 0 aromatic heterocycles. The molecule has 0 radical (unpaired) electrons. The Balaban J connectivity index is 1.87. The molecule has 1 N–H and O–H groups in total. The molecule has 0 bridgehead atoms. The average Bonchev–Trinajstić information content (AvgIpc) is 2.91. The molecule has 0 saturated heterocycles. The molecule has 2 amide bonds. The molecular formula is C32H41N3O4S. The maximum absolute atomic E-state index is 13.8. The van der Waals surface area contributed by atoms with Crippen molar-refractivity contribution in [3.8, 4) is 0 Å². The molecule has 3 aromatic carbocycles. The summed E-state index contributed by atoms with van der Waals surface area (Å²) in [6, 6.07) is 22.6. The number of nitrogens with one attached hydrogen (secondary N) is 1. The summed E-state index contributed by atoms with van der Waals surface area (Å²) in [5, 5.41) is 2.90. The van der Waals surface area contributed by atoms with Crippen LogP contribution in [0.4, 0.5) is 5.69 Å². The summed E-state index contributed by atoms with van der Waals surface area (Å²) in [5.74, 6) is -0.401. The van der Waals surface area contributed by atoms with E-state index in [0.29, 0.717) is 25.1 Å². The van der Waals surface area contributed by atoms with Crippen LogP contribution in [0.2, 0.25) is 0 Å². The van der Waals surface area contributed by atoms with E-state index in [9.17, 15) is 18.0 Å². The average molecular weight is 564 g/mol. The second-order valence-electron chi connectivity index (χ2n) is 10.3. The normalized spacial score (nSPS) is 12.0. The lowest BCUT2D eigenvalue weighted by Crippen LogP contribution is -2.50. The lowest BCUT2D eigenvalue weighted by atomic mass is 10.0. The molecule has 0 heterocycles. The Kier molecular flexibility index (Phi) is 10.9. The van der Waals surface area contributed by atoms with Crippen LogP contribution in [0.25, 0.3) is 0 Å². The number of nitrogens with zero attached hydrogens (tertiary/aromatic N) is 2. The first-order chi connectivity index (χ1) is 19.0. The Hall–Kier alpha value is -3.65. The third kappa shape index (κ3) is 8.68. The first kappa shape index (κ1) is 30.9. The van der Waals surface area contributed by atoms with Crippen molar-refractivity contribution in [2.24, 2.45) is 0 Å². The van der Waals surface area contributed by atoms with E-state index in [0.717, 1.165) is 27.8 Å². The highest BCUT2D eigenvalue weighted by Crippen LogP contribution is 2.25. The van der Waals surface area contributed by atoms with Crippen LogP contribution >= 0.6 is 0 Å². The highest BCUT2D eigenvalue weighted by atomic mass is 32.2. The van der Waals surface area contributed by atoms with Crippen LogP contribution < -0.4 is 9.62 Å². The van der Waals surface area contributed by atoms with Crippen LogP contribution in [0.1, 0.15) is 47.6 Å². The van der Waals surface area contributed by atoms with E-state index in [4.69, 9.17) is 0 Å². The first-order valence-electron chi connectivity index (χ1n) is 13.7. The molecule has 1 atom stereocenters. The summed E-state index contributed by atoms with van der Waals surface area (Å²) in [6.45, 7) is 8.56. The first-order valence-corrected chi connectivity index (χ1v) is 15.6. The molecule has 214 valence electrons. The van der Waals surface area contributed by atoms with Crippen molar-refractivity contribution < 1.29 is 18.0 Å². The molecule has 0 unspecified atom stereocenters. The molecule has 40 heavy (non-hydrogen) atoms. The van der Waals surface area contributed by atoms with Gasteiger partial charge < -0.3 is 10.2 Å². The maximum atomic E-state index is 13.8. The fraction of sp³-hybridized carbons (Fsp3) is 0.375. The molecule has 0 aliphatic rings. The number of benzene rings is 3.